The number of Topliss-reactive ketones (excluding diaryl/α,β-unsaturated/α-hetero) is 1. The summed E-state index contributed by atoms with van der Waals surface area (Å²) in [4.78, 5) is 34.3. The summed E-state index contributed by atoms with van der Waals surface area (Å²) in [6.07, 6.45) is 10.1. The molecule has 9 heteroatoms. The number of morpholine rings is 1. The maximum Gasteiger partial charge on any atom is 0.256 e. The molecular weight excluding hydrogens is 480 g/mol. The molecule has 6 rings (SSSR count). The number of ketones is 1. The smallest absolute Gasteiger partial charge is 0.256 e. The minimum Gasteiger partial charge on any atom is -0.393 e. The lowest BCUT2D eigenvalue weighted by Crippen LogP contribution is -2.69. The van der Waals surface area contributed by atoms with Crippen LogP contribution in [-0.2, 0) is 14.3 Å². The van der Waals surface area contributed by atoms with Gasteiger partial charge in [0.15, 0.2) is 5.78 Å². The number of piperidine rings is 1. The van der Waals surface area contributed by atoms with Gasteiger partial charge in [0.2, 0.25) is 0 Å². The molecule has 36 heavy (non-hydrogen) atoms. The van der Waals surface area contributed by atoms with Crippen molar-refractivity contribution in [2.45, 2.75) is 99.6 Å². The van der Waals surface area contributed by atoms with Gasteiger partial charge in [0.05, 0.1) is 36.0 Å². The number of likely N-dealkylation sites (tertiary alicyclic amines) is 2. The first-order valence-electron chi connectivity index (χ1n) is 14.2. The highest BCUT2D eigenvalue weighted by Crippen LogP contribution is 2.46. The van der Waals surface area contributed by atoms with Crippen LogP contribution in [0.25, 0.3) is 0 Å². The number of amides is 1. The van der Waals surface area contributed by atoms with Crippen molar-refractivity contribution in [3.63, 3.8) is 0 Å². The zero-order valence-electron chi connectivity index (χ0n) is 21.2. The fourth-order valence-electron chi connectivity index (χ4n) is 7.72. The van der Waals surface area contributed by atoms with E-state index in [1.54, 1.807) is 0 Å². The molecule has 6 aliphatic rings. The largest absolute Gasteiger partial charge is 0.393 e. The van der Waals surface area contributed by atoms with Gasteiger partial charge in [-0.15, -0.1) is 11.6 Å². The summed E-state index contributed by atoms with van der Waals surface area (Å²) in [5.74, 6) is -0.512. The van der Waals surface area contributed by atoms with Crippen molar-refractivity contribution >= 4 is 23.3 Å². The normalized spacial score (nSPS) is 39.9. The highest BCUT2D eigenvalue weighted by molar-refractivity contribution is 6.21. The number of carbonyl (C=O) groups excluding carboxylic acids is 2. The monoisotopic (exact) mass is 520 g/mol. The molecule has 2 saturated carbocycles. The predicted molar refractivity (Wildman–Crippen MR) is 137 cm³/mol. The minimum atomic E-state index is -0.249. The van der Waals surface area contributed by atoms with Crippen LogP contribution in [-0.4, -0.2) is 113 Å². The third kappa shape index (κ3) is 4.84. The van der Waals surface area contributed by atoms with Crippen molar-refractivity contribution in [3.8, 4) is 0 Å². The van der Waals surface area contributed by atoms with E-state index in [-0.39, 0.29) is 59.4 Å². The molecule has 4 heterocycles. The molecule has 2 aliphatic carbocycles. The second kappa shape index (κ2) is 10.5. The molecule has 8 nitrogen and oxygen atoms in total. The molecule has 0 bridgehead atoms. The van der Waals surface area contributed by atoms with Crippen LogP contribution in [0.2, 0.25) is 0 Å². The number of ether oxygens (including phenoxy) is 1. The molecule has 3 saturated heterocycles. The third-order valence-electron chi connectivity index (χ3n) is 9.64. The van der Waals surface area contributed by atoms with Crippen LogP contribution in [0.3, 0.4) is 0 Å². The molecule has 4 aliphatic heterocycles. The topological polar surface area (TPSA) is 85.3 Å². The first-order valence-corrected chi connectivity index (χ1v) is 14.7. The van der Waals surface area contributed by atoms with Crippen molar-refractivity contribution in [1.82, 2.24) is 20.0 Å². The van der Waals surface area contributed by atoms with Crippen molar-refractivity contribution in [2.24, 2.45) is 5.92 Å². The summed E-state index contributed by atoms with van der Waals surface area (Å²) in [7, 11) is 0. The Morgan fingerprint density at radius 1 is 1.06 bits per heavy atom. The van der Waals surface area contributed by atoms with Gasteiger partial charge in [-0.1, -0.05) is 0 Å². The quantitative estimate of drug-likeness (QED) is 0.420. The van der Waals surface area contributed by atoms with E-state index in [1.807, 2.05) is 6.20 Å². The van der Waals surface area contributed by atoms with Crippen molar-refractivity contribution in [1.29, 1.82) is 0 Å². The highest BCUT2D eigenvalue weighted by atomic mass is 35.5. The summed E-state index contributed by atoms with van der Waals surface area (Å²) in [6.45, 7) is 5.29. The molecule has 5 fully saturated rings. The number of aliphatic hydroxyl groups is 1. The fourth-order valence-corrected chi connectivity index (χ4v) is 8.03. The van der Waals surface area contributed by atoms with Gasteiger partial charge in [0.25, 0.3) is 5.91 Å². The van der Waals surface area contributed by atoms with Gasteiger partial charge in [0.1, 0.15) is 0 Å². The Labute approximate surface area is 219 Å². The molecule has 1 amide bonds. The third-order valence-corrected chi connectivity index (χ3v) is 10.0. The Balaban J connectivity index is 1.23. The van der Waals surface area contributed by atoms with Gasteiger partial charge in [-0.2, -0.15) is 0 Å². The number of hydrogen-bond acceptors (Lipinski definition) is 7. The van der Waals surface area contributed by atoms with E-state index >= 15 is 0 Å². The van der Waals surface area contributed by atoms with Crippen molar-refractivity contribution in [2.75, 3.05) is 39.3 Å². The number of halogens is 1. The zero-order chi connectivity index (χ0) is 24.8. The average Bonchev–Trinajstić information content (AvgIpc) is 3.39. The van der Waals surface area contributed by atoms with Crippen molar-refractivity contribution in [3.05, 3.63) is 11.8 Å². The van der Waals surface area contributed by atoms with Crippen LogP contribution in [0.1, 0.15) is 57.8 Å². The van der Waals surface area contributed by atoms with Crippen LogP contribution in [0.4, 0.5) is 0 Å². The second-order valence-corrected chi connectivity index (χ2v) is 12.5. The van der Waals surface area contributed by atoms with E-state index in [0.29, 0.717) is 12.1 Å². The van der Waals surface area contributed by atoms with E-state index in [4.69, 9.17) is 16.3 Å². The first-order chi connectivity index (χ1) is 17.5. The van der Waals surface area contributed by atoms with Crippen LogP contribution >= 0.6 is 11.6 Å². The summed E-state index contributed by atoms with van der Waals surface area (Å²) in [5, 5.41) is 13.2. The molecule has 7 unspecified atom stereocenters. The van der Waals surface area contributed by atoms with Gasteiger partial charge in [0, 0.05) is 49.7 Å². The van der Waals surface area contributed by atoms with E-state index in [1.165, 1.54) is 12.8 Å². The molecule has 200 valence electrons. The molecule has 0 aromatic rings. The Kier molecular flexibility index (Phi) is 7.34. The Morgan fingerprint density at radius 3 is 2.61 bits per heavy atom. The molecule has 0 radical (unpaired) electrons. The number of fused-ring (bicyclic) bond motifs is 2. The average molecular weight is 521 g/mol. The number of hydrogen-bond donors (Lipinski definition) is 2. The first kappa shape index (κ1) is 25.1. The molecule has 7 atom stereocenters. The van der Waals surface area contributed by atoms with Crippen LogP contribution in [0.5, 0.6) is 0 Å². The van der Waals surface area contributed by atoms with Gasteiger partial charge in [-0.3, -0.25) is 9.59 Å². The standard InChI is InChI=1S/C27H41ClN4O4/c28-17-3-4-23-22(13-17)32-16-21(27(35)29-7-12-30-8-1-2-9-30)26(34)20-14-18(15-24(36-23)25(20)32)31-10-5-19(33)6-11-31/h16-20,22-25,33H,1-15H2,(H,29,35). The number of rotatable bonds is 5. The Bertz CT molecular complexity index is 872. The van der Waals surface area contributed by atoms with Gasteiger partial charge >= 0.3 is 0 Å². The Hall–Kier alpha value is -1.19. The minimum absolute atomic E-state index is 0.0197. The summed E-state index contributed by atoms with van der Waals surface area (Å²) in [5.41, 5.74) is 0.309. The molecule has 0 spiro atoms. The predicted octanol–water partition coefficient (Wildman–Crippen LogP) is 1.50. The highest BCUT2D eigenvalue weighted by Gasteiger charge is 2.56. The molecule has 0 aromatic carbocycles. The Morgan fingerprint density at radius 2 is 1.83 bits per heavy atom. The number of nitrogens with zero attached hydrogens (tertiary/aromatic N) is 3. The molecule has 2 N–H and O–H groups in total. The maximum atomic E-state index is 13.9. The van der Waals surface area contributed by atoms with Crippen LogP contribution in [0.15, 0.2) is 11.8 Å². The number of alkyl halides is 1. The van der Waals surface area contributed by atoms with Crippen molar-refractivity contribution < 1.29 is 19.4 Å². The molecular formula is C27H41ClN4O4. The second-order valence-electron chi connectivity index (χ2n) is 11.8. The van der Waals surface area contributed by atoms with Gasteiger partial charge < -0.3 is 29.9 Å². The van der Waals surface area contributed by atoms with E-state index in [2.05, 4.69) is 20.0 Å². The number of carbonyl (C=O) groups is 2. The lowest BCUT2D eigenvalue weighted by Gasteiger charge is -2.59. The summed E-state index contributed by atoms with van der Waals surface area (Å²) < 4.78 is 6.72. The van der Waals surface area contributed by atoms with E-state index < -0.39 is 0 Å². The van der Waals surface area contributed by atoms with Gasteiger partial charge in [-0.05, 0) is 70.9 Å². The maximum absolute atomic E-state index is 13.9. The number of nitrogens with one attached hydrogen (secondary N) is 1. The zero-order valence-corrected chi connectivity index (χ0v) is 22.0. The SMILES string of the molecule is O=C(NCCN1CCCC1)C1=CN2C3CC(Cl)CCC3OC3CC(N4CCC(O)CC4)CC(C1=O)C32. The van der Waals surface area contributed by atoms with Crippen LogP contribution in [0, 0.1) is 5.92 Å². The van der Waals surface area contributed by atoms with Crippen LogP contribution < -0.4 is 5.32 Å². The molecule has 0 aromatic heterocycles. The van der Waals surface area contributed by atoms with E-state index in [9.17, 15) is 14.7 Å². The van der Waals surface area contributed by atoms with Gasteiger partial charge in [-0.25, -0.2) is 0 Å². The summed E-state index contributed by atoms with van der Waals surface area (Å²) in [6, 6.07) is 0.341. The number of aliphatic hydroxyl groups excluding tert-OH is 1. The lowest BCUT2D eigenvalue weighted by atomic mass is 9.70. The summed E-state index contributed by atoms with van der Waals surface area (Å²) >= 11 is 6.60. The van der Waals surface area contributed by atoms with E-state index in [0.717, 1.165) is 77.7 Å². The fraction of sp³-hybridized carbons (Fsp3) is 0.852. The lowest BCUT2D eigenvalue weighted by molar-refractivity contribution is -0.189.